The van der Waals surface area contributed by atoms with Gasteiger partial charge in [-0.15, -0.1) is 0 Å². The van der Waals surface area contributed by atoms with Crippen LogP contribution in [0.5, 0.6) is 0 Å². The molecule has 0 N–H and O–H groups in total. The lowest BCUT2D eigenvalue weighted by Crippen LogP contribution is -2.41. The molecule has 1 aliphatic carbocycles. The highest BCUT2D eigenvalue weighted by atomic mass is 16.7. The van der Waals surface area contributed by atoms with Gasteiger partial charge in [0.15, 0.2) is 0 Å². The van der Waals surface area contributed by atoms with E-state index in [0.717, 1.165) is 5.46 Å². The van der Waals surface area contributed by atoms with Crippen molar-refractivity contribution in [2.45, 2.75) is 51.7 Å². The molecule has 2 nitrogen and oxygen atoms in total. The van der Waals surface area contributed by atoms with Crippen molar-refractivity contribution in [3.05, 3.63) is 65.7 Å². The van der Waals surface area contributed by atoms with Gasteiger partial charge in [-0.25, -0.2) is 0 Å². The SMILES string of the molecule is CC1(C)OB(c2ccc(-c3ccc4c(c3)CC4)c3ccccc23)OC1(C)C. The molecule has 0 unspecified atom stereocenters. The van der Waals surface area contributed by atoms with E-state index in [2.05, 4.69) is 82.3 Å². The Morgan fingerprint density at radius 2 is 1.41 bits per heavy atom. The van der Waals surface area contributed by atoms with Gasteiger partial charge in [-0.1, -0.05) is 54.6 Å². The van der Waals surface area contributed by atoms with E-state index in [0.29, 0.717) is 0 Å². The maximum Gasteiger partial charge on any atom is 0.495 e. The molecule has 0 atom stereocenters. The fourth-order valence-corrected chi connectivity index (χ4v) is 4.11. The van der Waals surface area contributed by atoms with Gasteiger partial charge >= 0.3 is 7.12 Å². The summed E-state index contributed by atoms with van der Waals surface area (Å²) in [7, 11) is -0.342. The molecular formula is C24H25BO2. The zero-order valence-corrected chi connectivity index (χ0v) is 16.5. The predicted octanol–water partition coefficient (Wildman–Crippen LogP) is 4.90. The standard InChI is InChI=1S/C24H25BO2/c1-23(2)24(3,4)27-25(26-23)22-14-13-19(20-7-5-6-8-21(20)22)18-12-10-16-9-11-17(16)15-18/h5-8,10,12-15H,9,11H2,1-4H3. The van der Waals surface area contributed by atoms with E-state index in [-0.39, 0.29) is 18.3 Å². The van der Waals surface area contributed by atoms with Crippen LogP contribution in [0, 0.1) is 0 Å². The van der Waals surface area contributed by atoms with Crippen LogP contribution in [-0.4, -0.2) is 18.3 Å². The Morgan fingerprint density at radius 1 is 0.741 bits per heavy atom. The van der Waals surface area contributed by atoms with Crippen LogP contribution in [0.3, 0.4) is 0 Å². The highest BCUT2D eigenvalue weighted by Crippen LogP contribution is 2.38. The molecule has 1 saturated heterocycles. The van der Waals surface area contributed by atoms with Crippen molar-refractivity contribution in [1.82, 2.24) is 0 Å². The molecule has 0 radical (unpaired) electrons. The van der Waals surface area contributed by atoms with Crippen LogP contribution in [0.4, 0.5) is 0 Å². The largest absolute Gasteiger partial charge is 0.495 e. The average molecular weight is 356 g/mol. The number of rotatable bonds is 2. The molecule has 1 fully saturated rings. The van der Waals surface area contributed by atoms with Crippen molar-refractivity contribution in [2.75, 3.05) is 0 Å². The first-order chi connectivity index (χ1) is 12.9. The topological polar surface area (TPSA) is 18.5 Å². The van der Waals surface area contributed by atoms with Crippen molar-refractivity contribution in [1.29, 1.82) is 0 Å². The Labute approximate surface area is 161 Å². The molecular weight excluding hydrogens is 331 g/mol. The van der Waals surface area contributed by atoms with Gasteiger partial charge in [0.25, 0.3) is 0 Å². The maximum absolute atomic E-state index is 6.33. The Balaban J connectivity index is 1.64. The fraction of sp³-hybridized carbons (Fsp3) is 0.333. The Morgan fingerprint density at radius 3 is 2.04 bits per heavy atom. The fourth-order valence-electron chi connectivity index (χ4n) is 4.11. The third-order valence-electron chi connectivity index (χ3n) is 6.65. The van der Waals surface area contributed by atoms with Crippen molar-refractivity contribution in [2.24, 2.45) is 0 Å². The Bertz CT molecular complexity index is 1040. The second-order valence-corrected chi connectivity index (χ2v) is 8.82. The quantitative estimate of drug-likeness (QED) is 0.608. The molecule has 1 aliphatic heterocycles. The van der Waals surface area contributed by atoms with Crippen molar-refractivity contribution in [3.63, 3.8) is 0 Å². The maximum atomic E-state index is 6.33. The lowest BCUT2D eigenvalue weighted by molar-refractivity contribution is 0.00578. The zero-order valence-electron chi connectivity index (χ0n) is 16.5. The third-order valence-corrected chi connectivity index (χ3v) is 6.65. The van der Waals surface area contributed by atoms with E-state index in [9.17, 15) is 0 Å². The van der Waals surface area contributed by atoms with Crippen LogP contribution in [0.1, 0.15) is 38.8 Å². The first kappa shape index (κ1) is 17.0. The molecule has 136 valence electrons. The van der Waals surface area contributed by atoms with Crippen molar-refractivity contribution >= 4 is 23.4 Å². The molecule has 3 aromatic rings. The van der Waals surface area contributed by atoms with E-state index in [1.54, 1.807) is 0 Å². The second-order valence-electron chi connectivity index (χ2n) is 8.82. The Kier molecular flexibility index (Phi) is 3.60. The molecule has 3 heteroatoms. The molecule has 0 saturated carbocycles. The normalized spacial score (nSPS) is 19.8. The zero-order chi connectivity index (χ0) is 18.8. The summed E-state index contributed by atoms with van der Waals surface area (Å²) in [5, 5.41) is 2.46. The molecule has 27 heavy (non-hydrogen) atoms. The molecule has 2 aliphatic rings. The van der Waals surface area contributed by atoms with Gasteiger partial charge in [-0.05, 0) is 79.0 Å². The number of fused-ring (bicyclic) bond motifs is 2. The number of aryl methyl sites for hydroxylation is 2. The minimum Gasteiger partial charge on any atom is -0.399 e. The smallest absolute Gasteiger partial charge is 0.399 e. The highest BCUT2D eigenvalue weighted by molar-refractivity contribution is 6.65. The van der Waals surface area contributed by atoms with E-state index in [1.807, 2.05) is 0 Å². The van der Waals surface area contributed by atoms with E-state index >= 15 is 0 Å². The van der Waals surface area contributed by atoms with Crippen molar-refractivity contribution in [3.8, 4) is 11.1 Å². The summed E-state index contributed by atoms with van der Waals surface area (Å²) < 4.78 is 12.7. The first-order valence-corrected chi connectivity index (χ1v) is 9.85. The minimum absolute atomic E-state index is 0.334. The lowest BCUT2D eigenvalue weighted by Gasteiger charge is -2.32. The minimum atomic E-state index is -0.342. The second kappa shape index (κ2) is 5.70. The van der Waals surface area contributed by atoms with Crippen molar-refractivity contribution < 1.29 is 9.31 Å². The average Bonchev–Trinajstić information content (AvgIpc) is 2.83. The highest BCUT2D eigenvalue weighted by Gasteiger charge is 2.52. The van der Waals surface area contributed by atoms with Crippen LogP contribution in [0.25, 0.3) is 21.9 Å². The van der Waals surface area contributed by atoms with Crippen LogP contribution in [-0.2, 0) is 22.2 Å². The van der Waals surface area contributed by atoms with Gasteiger partial charge in [0, 0.05) is 0 Å². The molecule has 0 bridgehead atoms. The van der Waals surface area contributed by atoms with Gasteiger partial charge in [-0.3, -0.25) is 0 Å². The van der Waals surface area contributed by atoms with Gasteiger partial charge in [0.2, 0.25) is 0 Å². The first-order valence-electron chi connectivity index (χ1n) is 9.85. The summed E-state index contributed by atoms with van der Waals surface area (Å²) in [5.74, 6) is 0. The molecule has 0 aromatic heterocycles. The van der Waals surface area contributed by atoms with E-state index in [1.165, 1.54) is 45.9 Å². The van der Waals surface area contributed by atoms with Gasteiger partial charge < -0.3 is 9.31 Å². The van der Waals surface area contributed by atoms with Gasteiger partial charge in [0.1, 0.15) is 0 Å². The summed E-state index contributed by atoms with van der Waals surface area (Å²) in [6.07, 6.45) is 2.42. The van der Waals surface area contributed by atoms with E-state index in [4.69, 9.17) is 9.31 Å². The summed E-state index contributed by atoms with van der Waals surface area (Å²) in [6.45, 7) is 8.41. The number of hydrogen-bond donors (Lipinski definition) is 0. The van der Waals surface area contributed by atoms with E-state index < -0.39 is 0 Å². The summed E-state index contributed by atoms with van der Waals surface area (Å²) >= 11 is 0. The predicted molar refractivity (Wildman–Crippen MR) is 113 cm³/mol. The molecule has 0 spiro atoms. The number of benzene rings is 3. The lowest BCUT2D eigenvalue weighted by atomic mass is 9.74. The monoisotopic (exact) mass is 356 g/mol. The van der Waals surface area contributed by atoms with Crippen LogP contribution < -0.4 is 5.46 Å². The van der Waals surface area contributed by atoms with Crippen LogP contribution in [0.15, 0.2) is 54.6 Å². The Hall–Kier alpha value is -2.10. The summed E-state index contributed by atoms with van der Waals surface area (Å²) in [4.78, 5) is 0. The summed E-state index contributed by atoms with van der Waals surface area (Å²) in [5.41, 5.74) is 6.00. The number of hydrogen-bond acceptors (Lipinski definition) is 2. The van der Waals surface area contributed by atoms with Crippen LogP contribution in [0.2, 0.25) is 0 Å². The van der Waals surface area contributed by atoms with Crippen LogP contribution >= 0.6 is 0 Å². The molecule has 1 heterocycles. The third kappa shape index (κ3) is 2.56. The van der Waals surface area contributed by atoms with Gasteiger partial charge in [0.05, 0.1) is 11.2 Å². The molecule has 0 amide bonds. The summed E-state index contributed by atoms with van der Waals surface area (Å²) in [6, 6.07) is 19.9. The molecule has 5 rings (SSSR count). The van der Waals surface area contributed by atoms with Gasteiger partial charge in [-0.2, -0.15) is 0 Å². The molecule has 3 aromatic carbocycles.